The van der Waals surface area contributed by atoms with E-state index in [1.165, 1.54) is 14.0 Å². The third-order valence-electron chi connectivity index (χ3n) is 2.52. The van der Waals surface area contributed by atoms with E-state index in [9.17, 15) is 15.3 Å². The molecule has 1 aliphatic heterocycles. The molecule has 5 heteroatoms. The van der Waals surface area contributed by atoms with E-state index in [2.05, 4.69) is 0 Å². The molecule has 0 aliphatic carbocycles. The molecule has 1 saturated heterocycles. The second-order valence-electron chi connectivity index (χ2n) is 3.47. The fourth-order valence-corrected chi connectivity index (χ4v) is 1.45. The van der Waals surface area contributed by atoms with Crippen molar-refractivity contribution in [2.24, 2.45) is 0 Å². The van der Waals surface area contributed by atoms with E-state index in [1.54, 1.807) is 6.92 Å². The predicted octanol–water partition coefficient (Wildman–Crippen LogP) is -1.15. The van der Waals surface area contributed by atoms with Gasteiger partial charge in [-0.2, -0.15) is 0 Å². The van der Waals surface area contributed by atoms with Gasteiger partial charge in [0.1, 0.15) is 18.3 Å². The van der Waals surface area contributed by atoms with Crippen molar-refractivity contribution in [2.45, 2.75) is 44.1 Å². The van der Waals surface area contributed by atoms with Gasteiger partial charge >= 0.3 is 0 Å². The maximum Gasteiger partial charge on any atom is 0.194 e. The zero-order valence-electron chi connectivity index (χ0n) is 7.97. The van der Waals surface area contributed by atoms with Crippen LogP contribution in [0.2, 0.25) is 0 Å². The molecular formula is C8H16O5. The lowest BCUT2D eigenvalue weighted by molar-refractivity contribution is -0.343. The number of hydrogen-bond acceptors (Lipinski definition) is 5. The van der Waals surface area contributed by atoms with Gasteiger partial charge < -0.3 is 24.8 Å². The maximum absolute atomic E-state index is 9.52. The monoisotopic (exact) mass is 192 g/mol. The van der Waals surface area contributed by atoms with E-state index in [1.807, 2.05) is 0 Å². The van der Waals surface area contributed by atoms with Crippen LogP contribution in [0.5, 0.6) is 0 Å². The number of rotatable bonds is 1. The van der Waals surface area contributed by atoms with Crippen LogP contribution in [0.3, 0.4) is 0 Å². The van der Waals surface area contributed by atoms with E-state index < -0.39 is 30.2 Å². The quantitative estimate of drug-likeness (QED) is 0.489. The first-order chi connectivity index (χ1) is 5.92. The number of methoxy groups -OCH3 is 1. The molecule has 5 nitrogen and oxygen atoms in total. The summed E-state index contributed by atoms with van der Waals surface area (Å²) in [5.41, 5.74) is 0. The molecule has 1 heterocycles. The van der Waals surface area contributed by atoms with Gasteiger partial charge in [0.05, 0.1) is 6.10 Å². The minimum Gasteiger partial charge on any atom is -0.388 e. The molecule has 0 saturated carbocycles. The molecule has 13 heavy (non-hydrogen) atoms. The van der Waals surface area contributed by atoms with E-state index >= 15 is 0 Å². The van der Waals surface area contributed by atoms with Crippen LogP contribution in [-0.4, -0.2) is 52.6 Å². The van der Waals surface area contributed by atoms with Gasteiger partial charge in [0.25, 0.3) is 0 Å². The predicted molar refractivity (Wildman–Crippen MR) is 44.0 cm³/mol. The summed E-state index contributed by atoms with van der Waals surface area (Å²) in [5.74, 6) is -1.25. The lowest BCUT2D eigenvalue weighted by Gasteiger charge is -2.45. The normalized spacial score (nSPS) is 52.2. The first kappa shape index (κ1) is 10.9. The molecule has 0 radical (unpaired) electrons. The standard InChI is InChI=1S/C8H16O5/c1-4-5(9)6(10)7(11)8(2,12-3)13-4/h4-7,9-11H,1-3H3/t4?,5-,6?,7?,8+/m1/s1. The maximum atomic E-state index is 9.52. The second kappa shape index (κ2) is 3.51. The Morgan fingerprint density at radius 1 is 1.23 bits per heavy atom. The molecule has 1 rings (SSSR count). The summed E-state index contributed by atoms with van der Waals surface area (Å²) in [4.78, 5) is 0. The Kier molecular flexibility index (Phi) is 2.94. The average molecular weight is 192 g/mol. The highest BCUT2D eigenvalue weighted by Gasteiger charge is 2.49. The van der Waals surface area contributed by atoms with Crippen LogP contribution < -0.4 is 0 Å². The van der Waals surface area contributed by atoms with Gasteiger partial charge in [-0.25, -0.2) is 0 Å². The molecule has 0 aromatic carbocycles. The molecule has 0 aromatic heterocycles. The SMILES string of the molecule is CO[C@@]1(C)OC(C)[C@@H](O)C(O)C1O. The molecule has 3 N–H and O–H groups in total. The van der Waals surface area contributed by atoms with Crippen molar-refractivity contribution in [2.75, 3.05) is 7.11 Å². The molecular weight excluding hydrogens is 176 g/mol. The molecule has 5 atom stereocenters. The van der Waals surface area contributed by atoms with Crippen LogP contribution >= 0.6 is 0 Å². The highest BCUT2D eigenvalue weighted by molar-refractivity contribution is 4.93. The molecule has 3 unspecified atom stereocenters. The van der Waals surface area contributed by atoms with Crippen LogP contribution in [0.25, 0.3) is 0 Å². The number of aliphatic hydroxyl groups excluding tert-OH is 3. The fraction of sp³-hybridized carbons (Fsp3) is 1.00. The van der Waals surface area contributed by atoms with Gasteiger partial charge in [0.2, 0.25) is 0 Å². The Labute approximate surface area is 76.9 Å². The Balaban J connectivity index is 2.82. The number of ether oxygens (including phenoxy) is 2. The number of hydrogen-bond donors (Lipinski definition) is 3. The van der Waals surface area contributed by atoms with E-state index in [0.717, 1.165) is 0 Å². The minimum atomic E-state index is -1.25. The van der Waals surface area contributed by atoms with E-state index in [-0.39, 0.29) is 0 Å². The van der Waals surface area contributed by atoms with Gasteiger partial charge in [-0.1, -0.05) is 0 Å². The van der Waals surface area contributed by atoms with Crippen molar-refractivity contribution in [3.63, 3.8) is 0 Å². The van der Waals surface area contributed by atoms with Gasteiger partial charge in [-0.05, 0) is 13.8 Å². The summed E-state index contributed by atoms with van der Waals surface area (Å²) < 4.78 is 10.2. The van der Waals surface area contributed by atoms with Gasteiger partial charge in [0, 0.05) is 7.11 Å². The van der Waals surface area contributed by atoms with Gasteiger partial charge in [-0.15, -0.1) is 0 Å². The summed E-state index contributed by atoms with van der Waals surface area (Å²) >= 11 is 0. The molecule has 0 amide bonds. The van der Waals surface area contributed by atoms with Gasteiger partial charge in [-0.3, -0.25) is 0 Å². The third-order valence-corrected chi connectivity index (χ3v) is 2.52. The van der Waals surface area contributed by atoms with Crippen molar-refractivity contribution < 1.29 is 24.8 Å². The Hall–Kier alpha value is -0.200. The largest absolute Gasteiger partial charge is 0.388 e. The van der Waals surface area contributed by atoms with Crippen LogP contribution in [0.15, 0.2) is 0 Å². The highest BCUT2D eigenvalue weighted by Crippen LogP contribution is 2.29. The smallest absolute Gasteiger partial charge is 0.194 e. The van der Waals surface area contributed by atoms with E-state index in [4.69, 9.17) is 9.47 Å². The van der Waals surface area contributed by atoms with Crippen molar-refractivity contribution in [1.29, 1.82) is 0 Å². The average Bonchev–Trinajstić information content (AvgIpc) is 2.12. The molecule has 0 aromatic rings. The third kappa shape index (κ3) is 1.70. The van der Waals surface area contributed by atoms with Gasteiger partial charge in [0.15, 0.2) is 5.79 Å². The fourth-order valence-electron chi connectivity index (χ4n) is 1.45. The van der Waals surface area contributed by atoms with Crippen LogP contribution in [-0.2, 0) is 9.47 Å². The van der Waals surface area contributed by atoms with Crippen LogP contribution in [0.1, 0.15) is 13.8 Å². The molecule has 78 valence electrons. The molecule has 1 fully saturated rings. The zero-order chi connectivity index (χ0) is 10.2. The Morgan fingerprint density at radius 2 is 1.77 bits per heavy atom. The van der Waals surface area contributed by atoms with E-state index in [0.29, 0.717) is 0 Å². The lowest BCUT2D eigenvalue weighted by atomic mass is 9.94. The highest BCUT2D eigenvalue weighted by atomic mass is 16.7. The van der Waals surface area contributed by atoms with Crippen molar-refractivity contribution in [3.05, 3.63) is 0 Å². The van der Waals surface area contributed by atoms with Crippen LogP contribution in [0.4, 0.5) is 0 Å². The lowest BCUT2D eigenvalue weighted by Crippen LogP contribution is -2.63. The molecule has 1 aliphatic rings. The Morgan fingerprint density at radius 3 is 2.23 bits per heavy atom. The van der Waals surface area contributed by atoms with Crippen molar-refractivity contribution in [3.8, 4) is 0 Å². The summed E-state index contributed by atoms with van der Waals surface area (Å²) in [6, 6.07) is 0. The van der Waals surface area contributed by atoms with Crippen LogP contribution in [0, 0.1) is 0 Å². The van der Waals surface area contributed by atoms with Crippen molar-refractivity contribution >= 4 is 0 Å². The number of aliphatic hydroxyl groups is 3. The molecule has 0 spiro atoms. The zero-order valence-corrected chi connectivity index (χ0v) is 7.97. The summed E-state index contributed by atoms with van der Waals surface area (Å²) in [6.07, 6.45) is -4.14. The molecule has 0 bridgehead atoms. The minimum absolute atomic E-state index is 0.566. The Bertz CT molecular complexity index is 185. The first-order valence-electron chi connectivity index (χ1n) is 4.19. The summed E-state index contributed by atoms with van der Waals surface area (Å²) in [5, 5.41) is 28.3. The van der Waals surface area contributed by atoms with Crippen molar-refractivity contribution in [1.82, 2.24) is 0 Å². The first-order valence-corrected chi connectivity index (χ1v) is 4.19. The second-order valence-corrected chi connectivity index (χ2v) is 3.47. The topological polar surface area (TPSA) is 79.2 Å². The summed E-state index contributed by atoms with van der Waals surface area (Å²) in [7, 11) is 1.38. The summed E-state index contributed by atoms with van der Waals surface area (Å²) in [6.45, 7) is 3.13.